The van der Waals surface area contributed by atoms with Gasteiger partial charge >= 0.3 is 0 Å². The summed E-state index contributed by atoms with van der Waals surface area (Å²) in [5.41, 5.74) is 0.718. The molecule has 0 saturated carbocycles. The van der Waals surface area contributed by atoms with Gasteiger partial charge in [-0.1, -0.05) is 19.1 Å². The molecule has 1 aliphatic rings. The van der Waals surface area contributed by atoms with E-state index >= 15 is 0 Å². The number of nitrogens with zero attached hydrogens (tertiary/aromatic N) is 1. The molecule has 1 N–H and O–H groups in total. The van der Waals surface area contributed by atoms with E-state index in [1.807, 2.05) is 24.3 Å². The number of halogens is 1. The molecule has 2 rings (SSSR count). The summed E-state index contributed by atoms with van der Waals surface area (Å²) in [6, 6.07) is 7.86. The van der Waals surface area contributed by atoms with Gasteiger partial charge in [0.15, 0.2) is 0 Å². The van der Waals surface area contributed by atoms with Crippen LogP contribution in [0.3, 0.4) is 0 Å². The van der Waals surface area contributed by atoms with Crippen molar-refractivity contribution < 1.29 is 4.79 Å². The molecule has 3 nitrogen and oxygen atoms in total. The second-order valence-electron chi connectivity index (χ2n) is 4.66. The van der Waals surface area contributed by atoms with Crippen LogP contribution in [0, 0.1) is 0 Å². The topological polar surface area (TPSA) is 32.3 Å². The number of hydrogen-bond acceptors (Lipinski definition) is 2. The molecular formula is C14H19BrN2O. The first-order valence-corrected chi connectivity index (χ1v) is 7.27. The van der Waals surface area contributed by atoms with Crippen LogP contribution in [-0.2, 0) is 0 Å². The Bertz CT molecular complexity index is 414. The molecule has 1 aromatic carbocycles. The van der Waals surface area contributed by atoms with Crippen LogP contribution in [0.2, 0.25) is 0 Å². The SMILES string of the molecule is CCN1CCC(NC(=O)c2ccccc2Br)CC1. The Morgan fingerprint density at radius 1 is 1.39 bits per heavy atom. The maximum absolute atomic E-state index is 12.1. The van der Waals surface area contributed by atoms with Crippen molar-refractivity contribution in [3.05, 3.63) is 34.3 Å². The van der Waals surface area contributed by atoms with E-state index in [2.05, 4.69) is 33.1 Å². The van der Waals surface area contributed by atoms with Crippen LogP contribution in [-0.4, -0.2) is 36.5 Å². The number of carbonyl (C=O) groups is 1. The van der Waals surface area contributed by atoms with Crippen LogP contribution in [0.5, 0.6) is 0 Å². The summed E-state index contributed by atoms with van der Waals surface area (Å²) in [5.74, 6) is 0.0254. The molecule has 0 aliphatic carbocycles. The Balaban J connectivity index is 1.91. The molecule has 98 valence electrons. The Kier molecular flexibility index (Phi) is 4.78. The summed E-state index contributed by atoms with van der Waals surface area (Å²) in [6.07, 6.45) is 2.09. The molecular weight excluding hydrogens is 292 g/mol. The van der Waals surface area contributed by atoms with Gasteiger partial charge in [-0.15, -0.1) is 0 Å². The van der Waals surface area contributed by atoms with Crippen molar-refractivity contribution in [1.29, 1.82) is 0 Å². The van der Waals surface area contributed by atoms with Gasteiger partial charge in [0.25, 0.3) is 5.91 Å². The van der Waals surface area contributed by atoms with E-state index in [1.54, 1.807) is 0 Å². The average molecular weight is 311 g/mol. The van der Waals surface area contributed by atoms with Crippen molar-refractivity contribution in [1.82, 2.24) is 10.2 Å². The van der Waals surface area contributed by atoms with Crippen molar-refractivity contribution in [3.63, 3.8) is 0 Å². The highest BCUT2D eigenvalue weighted by atomic mass is 79.9. The molecule has 1 aromatic rings. The normalized spacial score (nSPS) is 17.7. The van der Waals surface area contributed by atoms with Crippen molar-refractivity contribution in [2.75, 3.05) is 19.6 Å². The van der Waals surface area contributed by atoms with E-state index in [0.717, 1.165) is 42.5 Å². The Morgan fingerprint density at radius 2 is 2.06 bits per heavy atom. The van der Waals surface area contributed by atoms with E-state index in [1.165, 1.54) is 0 Å². The maximum atomic E-state index is 12.1. The second-order valence-corrected chi connectivity index (χ2v) is 5.52. The first-order valence-electron chi connectivity index (χ1n) is 6.48. The quantitative estimate of drug-likeness (QED) is 0.931. The number of piperidine rings is 1. The van der Waals surface area contributed by atoms with Gasteiger partial charge in [0, 0.05) is 23.6 Å². The van der Waals surface area contributed by atoms with Crippen LogP contribution in [0.25, 0.3) is 0 Å². The van der Waals surface area contributed by atoms with E-state index in [0.29, 0.717) is 6.04 Å². The average Bonchev–Trinajstić information content (AvgIpc) is 2.40. The summed E-state index contributed by atoms with van der Waals surface area (Å²) >= 11 is 3.41. The molecule has 0 spiro atoms. The molecule has 18 heavy (non-hydrogen) atoms. The molecule has 0 atom stereocenters. The van der Waals surface area contributed by atoms with E-state index in [4.69, 9.17) is 0 Å². The standard InChI is InChI=1S/C14H19BrN2O/c1-2-17-9-7-11(8-10-17)16-14(18)12-5-3-4-6-13(12)15/h3-6,11H,2,7-10H2,1H3,(H,16,18). The van der Waals surface area contributed by atoms with Crippen molar-refractivity contribution in [2.45, 2.75) is 25.8 Å². The highest BCUT2D eigenvalue weighted by molar-refractivity contribution is 9.10. The van der Waals surface area contributed by atoms with Crippen LogP contribution in [0.15, 0.2) is 28.7 Å². The molecule has 1 aliphatic heterocycles. The summed E-state index contributed by atoms with van der Waals surface area (Å²) in [6.45, 7) is 5.44. The molecule has 0 unspecified atom stereocenters. The van der Waals surface area contributed by atoms with Gasteiger partial charge in [-0.05, 0) is 47.4 Å². The number of benzene rings is 1. The zero-order valence-electron chi connectivity index (χ0n) is 10.7. The second kappa shape index (κ2) is 6.34. The Morgan fingerprint density at radius 3 is 2.67 bits per heavy atom. The van der Waals surface area contributed by atoms with E-state index in [-0.39, 0.29) is 5.91 Å². The third-order valence-corrected chi connectivity index (χ3v) is 4.18. The Hall–Kier alpha value is -0.870. The molecule has 1 saturated heterocycles. The van der Waals surface area contributed by atoms with Gasteiger partial charge in [-0.25, -0.2) is 0 Å². The summed E-state index contributed by atoms with van der Waals surface area (Å²) in [5, 5.41) is 3.13. The summed E-state index contributed by atoms with van der Waals surface area (Å²) < 4.78 is 0.855. The molecule has 1 heterocycles. The summed E-state index contributed by atoms with van der Waals surface area (Å²) in [4.78, 5) is 14.5. The molecule has 1 fully saturated rings. The maximum Gasteiger partial charge on any atom is 0.252 e. The minimum absolute atomic E-state index is 0.0254. The van der Waals surface area contributed by atoms with Gasteiger partial charge in [-0.3, -0.25) is 4.79 Å². The van der Waals surface area contributed by atoms with Gasteiger partial charge < -0.3 is 10.2 Å². The fraction of sp³-hybridized carbons (Fsp3) is 0.500. The van der Waals surface area contributed by atoms with Crippen molar-refractivity contribution >= 4 is 21.8 Å². The molecule has 1 amide bonds. The lowest BCUT2D eigenvalue weighted by Crippen LogP contribution is -2.44. The van der Waals surface area contributed by atoms with Crippen molar-refractivity contribution in [3.8, 4) is 0 Å². The highest BCUT2D eigenvalue weighted by Gasteiger charge is 2.20. The van der Waals surface area contributed by atoms with Gasteiger partial charge in [0.2, 0.25) is 0 Å². The summed E-state index contributed by atoms with van der Waals surface area (Å²) in [7, 11) is 0. The minimum Gasteiger partial charge on any atom is -0.349 e. The predicted molar refractivity (Wildman–Crippen MR) is 76.7 cm³/mol. The number of amides is 1. The lowest BCUT2D eigenvalue weighted by molar-refractivity contribution is 0.0912. The number of likely N-dealkylation sites (tertiary alicyclic amines) is 1. The first-order chi connectivity index (χ1) is 8.70. The van der Waals surface area contributed by atoms with Crippen LogP contribution >= 0.6 is 15.9 Å². The van der Waals surface area contributed by atoms with Crippen LogP contribution in [0.4, 0.5) is 0 Å². The predicted octanol–water partition coefficient (Wildman–Crippen LogP) is 2.66. The third kappa shape index (κ3) is 3.33. The first kappa shape index (κ1) is 13.6. The fourth-order valence-corrected chi connectivity index (χ4v) is 2.77. The highest BCUT2D eigenvalue weighted by Crippen LogP contribution is 2.17. The fourth-order valence-electron chi connectivity index (χ4n) is 2.30. The lowest BCUT2D eigenvalue weighted by Gasteiger charge is -2.31. The van der Waals surface area contributed by atoms with Crippen LogP contribution < -0.4 is 5.32 Å². The zero-order chi connectivity index (χ0) is 13.0. The third-order valence-electron chi connectivity index (χ3n) is 3.49. The number of carbonyl (C=O) groups excluding carboxylic acids is 1. The van der Waals surface area contributed by atoms with E-state index in [9.17, 15) is 4.79 Å². The number of rotatable bonds is 3. The van der Waals surface area contributed by atoms with Crippen molar-refractivity contribution in [2.24, 2.45) is 0 Å². The molecule has 0 radical (unpaired) electrons. The zero-order valence-corrected chi connectivity index (χ0v) is 12.2. The monoisotopic (exact) mass is 310 g/mol. The largest absolute Gasteiger partial charge is 0.349 e. The molecule has 0 bridgehead atoms. The number of nitrogens with one attached hydrogen (secondary N) is 1. The number of hydrogen-bond donors (Lipinski definition) is 1. The van der Waals surface area contributed by atoms with Gasteiger partial charge in [0.1, 0.15) is 0 Å². The smallest absolute Gasteiger partial charge is 0.252 e. The van der Waals surface area contributed by atoms with Gasteiger partial charge in [0.05, 0.1) is 5.56 Å². The van der Waals surface area contributed by atoms with E-state index < -0.39 is 0 Å². The molecule has 4 heteroatoms. The minimum atomic E-state index is 0.0254. The van der Waals surface area contributed by atoms with Gasteiger partial charge in [-0.2, -0.15) is 0 Å². The Labute approximate surface area is 117 Å². The molecule has 0 aromatic heterocycles. The lowest BCUT2D eigenvalue weighted by atomic mass is 10.0. The van der Waals surface area contributed by atoms with Crippen LogP contribution in [0.1, 0.15) is 30.1 Å².